The molecule has 0 aromatic heterocycles. The molecule has 23 heavy (non-hydrogen) atoms. The molecule has 0 radical (unpaired) electrons. The Kier molecular flexibility index (Phi) is 4.42. The van der Waals surface area contributed by atoms with E-state index in [0.29, 0.717) is 24.2 Å². The monoisotopic (exact) mass is 309 g/mol. The summed E-state index contributed by atoms with van der Waals surface area (Å²) >= 11 is 0. The van der Waals surface area contributed by atoms with Gasteiger partial charge in [-0.3, -0.25) is 4.79 Å². The first kappa shape index (κ1) is 14.9. The molecular formula is C17H15N3O3. The van der Waals surface area contributed by atoms with Crippen LogP contribution in [0.2, 0.25) is 0 Å². The van der Waals surface area contributed by atoms with E-state index in [-0.39, 0.29) is 5.91 Å². The Balaban J connectivity index is 1.63. The molecule has 6 nitrogen and oxygen atoms in total. The Morgan fingerprint density at radius 3 is 2.26 bits per heavy atom. The molecule has 6 heteroatoms. The van der Waals surface area contributed by atoms with Crippen molar-refractivity contribution in [1.29, 1.82) is 0 Å². The molecule has 116 valence electrons. The second-order valence-electron chi connectivity index (χ2n) is 5.06. The number of nitrogens with zero attached hydrogens (tertiary/aromatic N) is 2. The van der Waals surface area contributed by atoms with Crippen molar-refractivity contribution in [3.05, 3.63) is 60.2 Å². The highest BCUT2D eigenvalue weighted by Crippen LogP contribution is 2.19. The molecule has 1 heterocycles. The number of rotatable bonds is 4. The van der Waals surface area contributed by atoms with E-state index < -0.39 is 12.1 Å². The van der Waals surface area contributed by atoms with Crippen LogP contribution in [0.15, 0.2) is 64.8 Å². The zero-order chi connectivity index (χ0) is 16.1. The van der Waals surface area contributed by atoms with E-state index in [9.17, 15) is 9.59 Å². The maximum absolute atomic E-state index is 12.0. The van der Waals surface area contributed by atoms with E-state index in [2.05, 4.69) is 15.5 Å². The molecule has 1 atom stereocenters. The van der Waals surface area contributed by atoms with E-state index in [4.69, 9.17) is 4.74 Å². The summed E-state index contributed by atoms with van der Waals surface area (Å²) < 4.78 is 5.17. The quantitative estimate of drug-likeness (QED) is 0.696. The molecule has 0 spiro atoms. The predicted molar refractivity (Wildman–Crippen MR) is 83.9 cm³/mol. The van der Waals surface area contributed by atoms with Crippen LogP contribution in [0.5, 0.6) is 0 Å². The van der Waals surface area contributed by atoms with Crippen molar-refractivity contribution in [3.63, 3.8) is 0 Å². The van der Waals surface area contributed by atoms with E-state index in [1.807, 2.05) is 30.3 Å². The fourth-order valence-corrected chi connectivity index (χ4v) is 2.16. The molecule has 0 saturated carbocycles. The summed E-state index contributed by atoms with van der Waals surface area (Å²) in [5, 5.41) is 10.8. The molecule has 2 aromatic carbocycles. The first-order chi connectivity index (χ1) is 11.2. The van der Waals surface area contributed by atoms with Crippen LogP contribution < -0.4 is 5.32 Å². The summed E-state index contributed by atoms with van der Waals surface area (Å²) in [6, 6.07) is 15.9. The van der Waals surface area contributed by atoms with Crippen LogP contribution in [-0.4, -0.2) is 24.5 Å². The minimum atomic E-state index is -0.694. The number of carbonyl (C=O) groups excluding carboxylic acids is 2. The average Bonchev–Trinajstić information content (AvgIpc) is 2.99. The van der Waals surface area contributed by atoms with Crippen molar-refractivity contribution in [2.75, 3.05) is 6.54 Å². The number of carbonyl (C=O) groups is 2. The lowest BCUT2D eigenvalue weighted by Gasteiger charge is -2.09. The van der Waals surface area contributed by atoms with Gasteiger partial charge in [-0.15, -0.1) is 0 Å². The number of hydrogen-bond donors (Lipinski definition) is 1. The molecule has 1 N–H and O–H groups in total. The van der Waals surface area contributed by atoms with Crippen molar-refractivity contribution < 1.29 is 14.3 Å². The van der Waals surface area contributed by atoms with Crippen molar-refractivity contribution in [3.8, 4) is 0 Å². The molecule has 0 bridgehead atoms. The Morgan fingerprint density at radius 2 is 1.65 bits per heavy atom. The van der Waals surface area contributed by atoms with Gasteiger partial charge in [0.1, 0.15) is 0 Å². The number of hydrogen-bond acceptors (Lipinski definition) is 5. The van der Waals surface area contributed by atoms with Gasteiger partial charge in [-0.2, -0.15) is 10.2 Å². The number of esters is 1. The fraction of sp³-hybridized carbons (Fsp3) is 0.176. The third-order valence-electron chi connectivity index (χ3n) is 3.39. The van der Waals surface area contributed by atoms with Gasteiger partial charge in [0.25, 0.3) is 5.91 Å². The lowest BCUT2D eigenvalue weighted by atomic mass is 10.2. The zero-order valence-electron chi connectivity index (χ0n) is 12.3. The summed E-state index contributed by atoms with van der Waals surface area (Å²) in [6.07, 6.45) is -0.187. The molecule has 1 aliphatic heterocycles. The van der Waals surface area contributed by atoms with Crippen LogP contribution >= 0.6 is 0 Å². The first-order valence-corrected chi connectivity index (χ1v) is 7.28. The van der Waals surface area contributed by atoms with Crippen LogP contribution in [0, 0.1) is 0 Å². The Hall–Kier alpha value is -3.02. The molecule has 1 saturated heterocycles. The number of azo groups is 1. The fourth-order valence-electron chi connectivity index (χ4n) is 2.16. The number of benzene rings is 2. The zero-order valence-corrected chi connectivity index (χ0v) is 12.3. The molecular weight excluding hydrogens is 294 g/mol. The molecule has 1 aliphatic rings. The highest BCUT2D eigenvalue weighted by molar-refractivity contribution is 5.93. The topological polar surface area (TPSA) is 80.1 Å². The Labute approximate surface area is 133 Å². The van der Waals surface area contributed by atoms with E-state index in [1.54, 1.807) is 24.3 Å². The van der Waals surface area contributed by atoms with Crippen molar-refractivity contribution >= 4 is 23.3 Å². The van der Waals surface area contributed by atoms with Crippen molar-refractivity contribution in [1.82, 2.24) is 5.32 Å². The SMILES string of the molecule is O=C(O[C@H]1CCNC1=O)c1ccc(N=Nc2ccccc2)cc1. The average molecular weight is 309 g/mol. The van der Waals surface area contributed by atoms with Gasteiger partial charge in [-0.25, -0.2) is 4.79 Å². The van der Waals surface area contributed by atoms with Crippen LogP contribution in [-0.2, 0) is 9.53 Å². The molecule has 1 fully saturated rings. The van der Waals surface area contributed by atoms with Gasteiger partial charge in [-0.1, -0.05) is 18.2 Å². The minimum Gasteiger partial charge on any atom is -0.449 e. The summed E-state index contributed by atoms with van der Waals surface area (Å²) in [5.41, 5.74) is 1.76. The predicted octanol–water partition coefficient (Wildman–Crippen LogP) is 3.15. The van der Waals surface area contributed by atoms with Gasteiger partial charge in [0.15, 0.2) is 6.10 Å². The van der Waals surface area contributed by atoms with Crippen LogP contribution in [0.1, 0.15) is 16.8 Å². The molecule has 1 amide bonds. The van der Waals surface area contributed by atoms with Crippen LogP contribution in [0.4, 0.5) is 11.4 Å². The lowest BCUT2D eigenvalue weighted by molar-refractivity contribution is -0.126. The second kappa shape index (κ2) is 6.83. The highest BCUT2D eigenvalue weighted by atomic mass is 16.5. The van der Waals surface area contributed by atoms with Gasteiger partial charge in [0.05, 0.1) is 16.9 Å². The van der Waals surface area contributed by atoms with Gasteiger partial charge in [0.2, 0.25) is 0 Å². The van der Waals surface area contributed by atoms with Gasteiger partial charge in [0, 0.05) is 13.0 Å². The van der Waals surface area contributed by atoms with Crippen molar-refractivity contribution in [2.45, 2.75) is 12.5 Å². The Morgan fingerprint density at radius 1 is 1.00 bits per heavy atom. The largest absolute Gasteiger partial charge is 0.449 e. The number of ether oxygens (including phenoxy) is 1. The van der Waals surface area contributed by atoms with Crippen LogP contribution in [0.3, 0.4) is 0 Å². The first-order valence-electron chi connectivity index (χ1n) is 7.28. The maximum atomic E-state index is 12.0. The number of amides is 1. The summed E-state index contributed by atoms with van der Waals surface area (Å²) in [5.74, 6) is -0.759. The smallest absolute Gasteiger partial charge is 0.338 e. The third kappa shape index (κ3) is 3.79. The second-order valence-corrected chi connectivity index (χ2v) is 5.06. The molecule has 0 aliphatic carbocycles. The standard InChI is InChI=1S/C17H15N3O3/c21-16-15(10-11-18-16)23-17(22)12-6-8-14(9-7-12)20-19-13-4-2-1-3-5-13/h1-9,15H,10-11H2,(H,18,21)/t15-/m0/s1. The minimum absolute atomic E-state index is 0.244. The summed E-state index contributed by atoms with van der Waals surface area (Å²) in [7, 11) is 0. The number of nitrogens with one attached hydrogen (secondary N) is 1. The normalized spacial score (nSPS) is 17.2. The Bertz CT molecular complexity index is 727. The summed E-state index contributed by atoms with van der Waals surface area (Å²) in [6.45, 7) is 0.537. The lowest BCUT2D eigenvalue weighted by Crippen LogP contribution is -2.27. The third-order valence-corrected chi connectivity index (χ3v) is 3.39. The highest BCUT2D eigenvalue weighted by Gasteiger charge is 2.28. The maximum Gasteiger partial charge on any atom is 0.338 e. The van der Waals surface area contributed by atoms with Gasteiger partial charge < -0.3 is 10.1 Å². The molecule has 0 unspecified atom stereocenters. The molecule has 2 aromatic rings. The van der Waals surface area contributed by atoms with Crippen LogP contribution in [0.25, 0.3) is 0 Å². The van der Waals surface area contributed by atoms with E-state index in [1.165, 1.54) is 0 Å². The van der Waals surface area contributed by atoms with Crippen molar-refractivity contribution in [2.24, 2.45) is 10.2 Å². The van der Waals surface area contributed by atoms with Gasteiger partial charge >= 0.3 is 5.97 Å². The summed E-state index contributed by atoms with van der Waals surface area (Å²) in [4.78, 5) is 23.4. The van der Waals surface area contributed by atoms with E-state index >= 15 is 0 Å². The molecule has 3 rings (SSSR count). The van der Waals surface area contributed by atoms with Gasteiger partial charge in [-0.05, 0) is 36.4 Å². The van der Waals surface area contributed by atoms with E-state index in [0.717, 1.165) is 5.69 Å².